The molecule has 0 aliphatic rings. The van der Waals surface area contributed by atoms with Crippen LogP contribution in [0, 0.1) is 0 Å². The molecule has 8 heteroatoms. The molecule has 0 saturated carbocycles. The van der Waals surface area contributed by atoms with E-state index in [0.29, 0.717) is 22.5 Å². The van der Waals surface area contributed by atoms with Crippen molar-refractivity contribution in [3.63, 3.8) is 0 Å². The summed E-state index contributed by atoms with van der Waals surface area (Å²) in [7, 11) is 0. The fourth-order valence-corrected chi connectivity index (χ4v) is 2.22. The molecule has 1 N–H and O–H groups in total. The number of oxazole rings is 1. The Morgan fingerprint density at radius 1 is 1.43 bits per heavy atom. The second-order valence-electron chi connectivity index (χ2n) is 5.46. The van der Waals surface area contributed by atoms with Gasteiger partial charge in [0.25, 0.3) is 0 Å². The summed E-state index contributed by atoms with van der Waals surface area (Å²) in [5.74, 6) is -0.193. The van der Waals surface area contributed by atoms with Gasteiger partial charge in [-0.05, 0) is 32.0 Å². The predicted molar refractivity (Wildman–Crippen MR) is 86.4 cm³/mol. The molecule has 0 fully saturated rings. The van der Waals surface area contributed by atoms with E-state index in [4.69, 9.17) is 16.0 Å². The molecule has 0 saturated heterocycles. The number of anilines is 1. The second kappa shape index (κ2) is 6.37. The van der Waals surface area contributed by atoms with Gasteiger partial charge < -0.3 is 4.42 Å². The minimum Gasteiger partial charge on any atom is -0.423 e. The Morgan fingerprint density at radius 2 is 2.26 bits per heavy atom. The van der Waals surface area contributed by atoms with Gasteiger partial charge in [-0.15, -0.1) is 5.10 Å². The number of nitrogens with one attached hydrogen (secondary N) is 1. The average Bonchev–Trinajstić information content (AvgIpc) is 3.10. The first-order chi connectivity index (χ1) is 11.0. The van der Waals surface area contributed by atoms with Crippen LogP contribution in [0.25, 0.3) is 11.1 Å². The number of carbonyl (C=O) groups excluding carboxylic acids is 1. The smallest absolute Gasteiger partial charge is 0.302 e. The molecule has 1 amide bonds. The van der Waals surface area contributed by atoms with Crippen molar-refractivity contribution >= 4 is 34.6 Å². The molecule has 2 heterocycles. The molecule has 2 aromatic heterocycles. The number of nitrogens with zero attached hydrogens (tertiary/aromatic N) is 4. The summed E-state index contributed by atoms with van der Waals surface area (Å²) in [4.78, 5) is 16.2. The zero-order valence-corrected chi connectivity index (χ0v) is 13.5. The van der Waals surface area contributed by atoms with Gasteiger partial charge in [0.15, 0.2) is 5.58 Å². The van der Waals surface area contributed by atoms with Gasteiger partial charge in [0.05, 0.1) is 5.69 Å². The van der Waals surface area contributed by atoms with Crippen LogP contribution in [-0.4, -0.2) is 25.9 Å². The van der Waals surface area contributed by atoms with Crippen LogP contribution in [0.4, 0.5) is 6.01 Å². The largest absolute Gasteiger partial charge is 0.423 e. The van der Waals surface area contributed by atoms with Crippen molar-refractivity contribution in [3.8, 4) is 0 Å². The lowest BCUT2D eigenvalue weighted by Crippen LogP contribution is -2.12. The minimum atomic E-state index is -0.193. The molecule has 23 heavy (non-hydrogen) atoms. The van der Waals surface area contributed by atoms with Crippen molar-refractivity contribution < 1.29 is 9.21 Å². The zero-order valence-electron chi connectivity index (χ0n) is 12.8. The van der Waals surface area contributed by atoms with E-state index in [-0.39, 0.29) is 24.4 Å². The maximum Gasteiger partial charge on any atom is 0.302 e. The van der Waals surface area contributed by atoms with Crippen LogP contribution in [0.5, 0.6) is 0 Å². The highest BCUT2D eigenvalue weighted by Gasteiger charge is 2.11. The third-order valence-corrected chi connectivity index (χ3v) is 3.53. The van der Waals surface area contributed by atoms with Gasteiger partial charge in [-0.3, -0.25) is 10.1 Å². The fraction of sp³-hybridized carbons (Fsp3) is 0.333. The third-order valence-electron chi connectivity index (χ3n) is 3.29. The number of amides is 1. The molecule has 3 aromatic rings. The SMILES string of the molecule is CC(C)n1cc(CCC(=O)Nc2nc3cc(Cl)ccc3o2)nn1. The normalized spacial score (nSPS) is 11.3. The first kappa shape index (κ1) is 15.5. The van der Waals surface area contributed by atoms with Crippen molar-refractivity contribution in [2.45, 2.75) is 32.7 Å². The molecule has 0 aliphatic carbocycles. The Morgan fingerprint density at radius 3 is 3.00 bits per heavy atom. The van der Waals surface area contributed by atoms with Crippen LogP contribution >= 0.6 is 11.6 Å². The molecule has 1 aromatic carbocycles. The quantitative estimate of drug-likeness (QED) is 0.774. The molecule has 7 nitrogen and oxygen atoms in total. The molecule has 0 spiro atoms. The standard InChI is InChI=1S/C15H16ClN5O2/c1-9(2)21-8-11(19-20-21)4-6-14(22)18-15-17-12-7-10(16)3-5-13(12)23-15/h3,5,7-9H,4,6H2,1-2H3,(H,17,18,22). The minimum absolute atomic E-state index is 0.165. The fourth-order valence-electron chi connectivity index (χ4n) is 2.06. The number of aryl methyl sites for hydroxylation is 1. The number of halogens is 1. The van der Waals surface area contributed by atoms with E-state index >= 15 is 0 Å². The Hall–Kier alpha value is -2.41. The van der Waals surface area contributed by atoms with Gasteiger partial charge in [0, 0.05) is 30.1 Å². The Kier molecular flexibility index (Phi) is 4.29. The highest BCUT2D eigenvalue weighted by atomic mass is 35.5. The number of rotatable bonds is 5. The summed E-state index contributed by atoms with van der Waals surface area (Å²) in [6.07, 6.45) is 2.63. The zero-order chi connectivity index (χ0) is 16.4. The van der Waals surface area contributed by atoms with Gasteiger partial charge in [-0.2, -0.15) is 4.98 Å². The number of hydrogen-bond acceptors (Lipinski definition) is 5. The van der Waals surface area contributed by atoms with Gasteiger partial charge >= 0.3 is 6.01 Å². The highest BCUT2D eigenvalue weighted by Crippen LogP contribution is 2.22. The molecule has 0 atom stereocenters. The lowest BCUT2D eigenvalue weighted by atomic mass is 10.2. The van der Waals surface area contributed by atoms with Crippen molar-refractivity contribution in [3.05, 3.63) is 35.1 Å². The van der Waals surface area contributed by atoms with E-state index < -0.39 is 0 Å². The van der Waals surface area contributed by atoms with Crippen LogP contribution in [0.2, 0.25) is 5.02 Å². The maximum absolute atomic E-state index is 12.0. The molecular formula is C15H16ClN5O2. The van der Waals surface area contributed by atoms with Gasteiger partial charge in [0.2, 0.25) is 5.91 Å². The van der Waals surface area contributed by atoms with Crippen LogP contribution in [-0.2, 0) is 11.2 Å². The first-order valence-electron chi connectivity index (χ1n) is 7.28. The van der Waals surface area contributed by atoms with Gasteiger partial charge in [-0.1, -0.05) is 16.8 Å². The van der Waals surface area contributed by atoms with Crippen molar-refractivity contribution in [1.29, 1.82) is 0 Å². The number of benzene rings is 1. The Balaban J connectivity index is 1.59. The Labute approximate surface area is 137 Å². The lowest BCUT2D eigenvalue weighted by molar-refractivity contribution is -0.116. The van der Waals surface area contributed by atoms with Crippen molar-refractivity contribution in [2.24, 2.45) is 0 Å². The summed E-state index contributed by atoms with van der Waals surface area (Å²) in [6, 6.07) is 5.51. The molecule has 0 unspecified atom stereocenters. The summed E-state index contributed by atoms with van der Waals surface area (Å²) >= 11 is 5.89. The average molecular weight is 334 g/mol. The van der Waals surface area contributed by atoms with Crippen LogP contribution in [0.15, 0.2) is 28.8 Å². The van der Waals surface area contributed by atoms with Crippen LogP contribution in [0.3, 0.4) is 0 Å². The van der Waals surface area contributed by atoms with Crippen LogP contribution in [0.1, 0.15) is 32.0 Å². The van der Waals surface area contributed by atoms with Crippen molar-refractivity contribution in [1.82, 2.24) is 20.0 Å². The van der Waals surface area contributed by atoms with E-state index in [1.54, 1.807) is 22.9 Å². The number of hydrogen-bond donors (Lipinski definition) is 1. The van der Waals surface area contributed by atoms with E-state index in [0.717, 1.165) is 5.69 Å². The first-order valence-corrected chi connectivity index (χ1v) is 7.66. The summed E-state index contributed by atoms with van der Waals surface area (Å²) in [6.45, 7) is 4.04. The monoisotopic (exact) mass is 333 g/mol. The highest BCUT2D eigenvalue weighted by molar-refractivity contribution is 6.31. The molecule has 0 aliphatic heterocycles. The molecule has 3 rings (SSSR count). The van der Waals surface area contributed by atoms with Crippen LogP contribution < -0.4 is 5.32 Å². The van der Waals surface area contributed by atoms with Gasteiger partial charge in [-0.25, -0.2) is 4.68 Å². The topological polar surface area (TPSA) is 85.8 Å². The maximum atomic E-state index is 12.0. The molecule has 0 radical (unpaired) electrons. The number of carbonyl (C=O) groups is 1. The summed E-state index contributed by atoms with van der Waals surface area (Å²) in [5.41, 5.74) is 1.95. The predicted octanol–water partition coefficient (Wildman–Crippen LogP) is 3.22. The molecule has 120 valence electrons. The summed E-state index contributed by atoms with van der Waals surface area (Å²) < 4.78 is 7.21. The van der Waals surface area contributed by atoms with Crippen molar-refractivity contribution in [2.75, 3.05) is 5.32 Å². The molecular weight excluding hydrogens is 318 g/mol. The van der Waals surface area contributed by atoms with E-state index in [1.807, 2.05) is 20.0 Å². The van der Waals surface area contributed by atoms with E-state index in [2.05, 4.69) is 20.6 Å². The van der Waals surface area contributed by atoms with Gasteiger partial charge in [0.1, 0.15) is 5.52 Å². The summed E-state index contributed by atoms with van der Waals surface area (Å²) in [5, 5.41) is 11.2. The molecule has 0 bridgehead atoms. The second-order valence-corrected chi connectivity index (χ2v) is 5.90. The van der Waals surface area contributed by atoms with E-state index in [9.17, 15) is 4.79 Å². The Bertz CT molecular complexity index is 839. The lowest BCUT2D eigenvalue weighted by Gasteiger charge is -2.01. The number of fused-ring (bicyclic) bond motifs is 1. The third kappa shape index (κ3) is 3.68. The number of aromatic nitrogens is 4. The van der Waals surface area contributed by atoms with E-state index in [1.165, 1.54) is 0 Å².